The van der Waals surface area contributed by atoms with Gasteiger partial charge in [0.05, 0.1) is 11.2 Å². The summed E-state index contributed by atoms with van der Waals surface area (Å²) >= 11 is 1.80. The number of aryl methyl sites for hydroxylation is 1. The number of aromatic nitrogens is 1. The number of nitrogens with one attached hydrogen (secondary N) is 1. The quantitative estimate of drug-likeness (QED) is 0.834. The molecule has 0 aromatic carbocycles. The Hall–Kier alpha value is -0.450. The Kier molecular flexibility index (Phi) is 4.97. The van der Waals surface area contributed by atoms with E-state index in [4.69, 9.17) is 0 Å². The molecule has 118 valence electrons. The van der Waals surface area contributed by atoms with Crippen LogP contribution in [0.4, 0.5) is 0 Å². The standard InChI is InChI=1S/C17H29N3S/c1-14-16(21-13-19-14)10-20(2)12-17(8-4-3-5-9-17)11-18-15-6-7-15/h13,15,18H,3-12H2,1-2H3. The largest absolute Gasteiger partial charge is 0.313 e. The first-order valence-electron chi connectivity index (χ1n) is 8.48. The normalized spacial score (nSPS) is 21.9. The SMILES string of the molecule is Cc1ncsc1CN(C)CC1(CNC2CC2)CCCCC1. The Morgan fingerprint density at radius 2 is 2.10 bits per heavy atom. The van der Waals surface area contributed by atoms with E-state index in [0.29, 0.717) is 5.41 Å². The molecule has 3 nitrogen and oxygen atoms in total. The molecule has 2 aliphatic rings. The van der Waals surface area contributed by atoms with Crippen LogP contribution in [0.1, 0.15) is 55.5 Å². The van der Waals surface area contributed by atoms with E-state index in [2.05, 4.69) is 29.2 Å². The van der Waals surface area contributed by atoms with Crippen molar-refractivity contribution in [2.24, 2.45) is 5.41 Å². The highest BCUT2D eigenvalue weighted by Crippen LogP contribution is 2.37. The van der Waals surface area contributed by atoms with Crippen molar-refractivity contribution in [3.63, 3.8) is 0 Å². The third kappa shape index (κ3) is 4.27. The summed E-state index contributed by atoms with van der Waals surface area (Å²) in [5.74, 6) is 0. The minimum Gasteiger partial charge on any atom is -0.313 e. The minimum absolute atomic E-state index is 0.508. The van der Waals surface area contributed by atoms with E-state index in [0.717, 1.165) is 12.6 Å². The van der Waals surface area contributed by atoms with Crippen molar-refractivity contribution in [3.8, 4) is 0 Å². The van der Waals surface area contributed by atoms with Crippen molar-refractivity contribution >= 4 is 11.3 Å². The molecule has 0 aliphatic heterocycles. The first-order chi connectivity index (χ1) is 10.2. The Balaban J connectivity index is 1.58. The summed E-state index contributed by atoms with van der Waals surface area (Å²) in [5, 5.41) is 3.81. The lowest BCUT2D eigenvalue weighted by Gasteiger charge is -2.40. The molecular weight excluding hydrogens is 278 g/mol. The zero-order chi connectivity index (χ0) is 14.7. The first kappa shape index (κ1) is 15.4. The first-order valence-corrected chi connectivity index (χ1v) is 9.36. The van der Waals surface area contributed by atoms with Crippen LogP contribution in [0.5, 0.6) is 0 Å². The molecule has 0 spiro atoms. The summed E-state index contributed by atoms with van der Waals surface area (Å²) in [6.07, 6.45) is 9.86. The van der Waals surface area contributed by atoms with Gasteiger partial charge >= 0.3 is 0 Å². The highest BCUT2D eigenvalue weighted by molar-refractivity contribution is 7.09. The summed E-state index contributed by atoms with van der Waals surface area (Å²) in [5.41, 5.74) is 3.69. The van der Waals surface area contributed by atoms with Crippen molar-refractivity contribution in [2.75, 3.05) is 20.1 Å². The van der Waals surface area contributed by atoms with Crippen LogP contribution in [0.2, 0.25) is 0 Å². The zero-order valence-corrected chi connectivity index (χ0v) is 14.3. The maximum absolute atomic E-state index is 4.38. The fraction of sp³-hybridized carbons (Fsp3) is 0.824. The molecule has 0 radical (unpaired) electrons. The molecule has 2 saturated carbocycles. The Labute approximate surface area is 133 Å². The molecule has 1 heterocycles. The third-order valence-corrected chi connectivity index (χ3v) is 6.04. The van der Waals surface area contributed by atoms with Crippen LogP contribution < -0.4 is 5.32 Å². The molecule has 0 unspecified atom stereocenters. The molecule has 1 N–H and O–H groups in total. The molecule has 0 saturated heterocycles. The van der Waals surface area contributed by atoms with E-state index in [-0.39, 0.29) is 0 Å². The van der Waals surface area contributed by atoms with E-state index in [1.807, 2.05) is 5.51 Å². The smallest absolute Gasteiger partial charge is 0.0798 e. The molecule has 0 bridgehead atoms. The number of rotatable bonds is 7. The molecule has 4 heteroatoms. The predicted octanol–water partition coefficient (Wildman–Crippen LogP) is 3.59. The number of hydrogen-bond donors (Lipinski definition) is 1. The van der Waals surface area contributed by atoms with Gasteiger partial charge in [-0.15, -0.1) is 11.3 Å². The second-order valence-corrected chi connectivity index (χ2v) is 8.19. The van der Waals surface area contributed by atoms with Gasteiger partial charge in [-0.05, 0) is 45.1 Å². The van der Waals surface area contributed by atoms with Gasteiger partial charge in [-0.1, -0.05) is 19.3 Å². The maximum Gasteiger partial charge on any atom is 0.0798 e. The number of hydrogen-bond acceptors (Lipinski definition) is 4. The summed E-state index contributed by atoms with van der Waals surface area (Å²) < 4.78 is 0. The van der Waals surface area contributed by atoms with E-state index in [1.54, 1.807) is 11.3 Å². The van der Waals surface area contributed by atoms with Crippen LogP contribution >= 0.6 is 11.3 Å². The van der Waals surface area contributed by atoms with Gasteiger partial charge in [0.2, 0.25) is 0 Å². The average molecular weight is 308 g/mol. The van der Waals surface area contributed by atoms with Crippen molar-refractivity contribution in [1.29, 1.82) is 0 Å². The van der Waals surface area contributed by atoms with Crippen LogP contribution in [0.15, 0.2) is 5.51 Å². The molecule has 1 aromatic heterocycles. The molecule has 0 amide bonds. The van der Waals surface area contributed by atoms with Crippen LogP contribution in [-0.2, 0) is 6.54 Å². The topological polar surface area (TPSA) is 28.2 Å². The number of thiazole rings is 1. The van der Waals surface area contributed by atoms with Gasteiger partial charge in [-0.3, -0.25) is 0 Å². The molecular formula is C17H29N3S. The highest BCUT2D eigenvalue weighted by atomic mass is 32.1. The van der Waals surface area contributed by atoms with Crippen molar-refractivity contribution < 1.29 is 0 Å². The fourth-order valence-corrected chi connectivity index (χ4v) is 4.55. The van der Waals surface area contributed by atoms with Crippen LogP contribution in [0.25, 0.3) is 0 Å². The summed E-state index contributed by atoms with van der Waals surface area (Å²) in [6, 6.07) is 0.831. The van der Waals surface area contributed by atoms with Gasteiger partial charge in [0.1, 0.15) is 0 Å². The Morgan fingerprint density at radius 1 is 1.33 bits per heavy atom. The zero-order valence-electron chi connectivity index (χ0n) is 13.5. The number of nitrogens with zero attached hydrogens (tertiary/aromatic N) is 2. The van der Waals surface area contributed by atoms with Crippen LogP contribution in [0.3, 0.4) is 0 Å². The van der Waals surface area contributed by atoms with Gasteiger partial charge in [0, 0.05) is 30.6 Å². The molecule has 21 heavy (non-hydrogen) atoms. The van der Waals surface area contributed by atoms with E-state index in [9.17, 15) is 0 Å². The molecule has 3 rings (SSSR count). The monoisotopic (exact) mass is 307 g/mol. The van der Waals surface area contributed by atoms with Gasteiger partial charge in [-0.2, -0.15) is 0 Å². The van der Waals surface area contributed by atoms with Gasteiger partial charge in [0.25, 0.3) is 0 Å². The minimum atomic E-state index is 0.508. The average Bonchev–Trinajstić information content (AvgIpc) is 3.22. The highest BCUT2D eigenvalue weighted by Gasteiger charge is 2.35. The Bertz CT molecular complexity index is 447. The van der Waals surface area contributed by atoms with Crippen LogP contribution in [0, 0.1) is 12.3 Å². The third-order valence-electron chi connectivity index (χ3n) is 5.12. The molecule has 1 aromatic rings. The van der Waals surface area contributed by atoms with E-state index < -0.39 is 0 Å². The Morgan fingerprint density at radius 3 is 2.71 bits per heavy atom. The lowest BCUT2D eigenvalue weighted by molar-refractivity contribution is 0.114. The summed E-state index contributed by atoms with van der Waals surface area (Å²) in [6.45, 7) is 5.64. The van der Waals surface area contributed by atoms with Gasteiger partial charge in [-0.25, -0.2) is 4.98 Å². The summed E-state index contributed by atoms with van der Waals surface area (Å²) in [4.78, 5) is 8.34. The lowest BCUT2D eigenvalue weighted by atomic mass is 9.73. The molecule has 0 atom stereocenters. The molecule has 2 aliphatic carbocycles. The lowest BCUT2D eigenvalue weighted by Crippen LogP contribution is -2.44. The van der Waals surface area contributed by atoms with Crippen LogP contribution in [-0.4, -0.2) is 36.1 Å². The van der Waals surface area contributed by atoms with Gasteiger partial charge in [0.15, 0.2) is 0 Å². The van der Waals surface area contributed by atoms with Crippen molar-refractivity contribution in [1.82, 2.24) is 15.2 Å². The predicted molar refractivity (Wildman–Crippen MR) is 89.7 cm³/mol. The van der Waals surface area contributed by atoms with E-state index in [1.165, 1.54) is 68.6 Å². The van der Waals surface area contributed by atoms with Crippen molar-refractivity contribution in [3.05, 3.63) is 16.1 Å². The summed E-state index contributed by atoms with van der Waals surface area (Å²) in [7, 11) is 2.28. The molecule has 2 fully saturated rings. The second-order valence-electron chi connectivity index (χ2n) is 7.25. The van der Waals surface area contributed by atoms with Gasteiger partial charge < -0.3 is 10.2 Å². The maximum atomic E-state index is 4.38. The second kappa shape index (κ2) is 6.76. The fourth-order valence-electron chi connectivity index (χ4n) is 3.69. The van der Waals surface area contributed by atoms with E-state index >= 15 is 0 Å². The van der Waals surface area contributed by atoms with Crippen molar-refractivity contribution in [2.45, 2.75) is 64.5 Å².